The molecule has 190 valence electrons. The number of aliphatic hydroxyl groups is 1. The van der Waals surface area contributed by atoms with Gasteiger partial charge < -0.3 is 19.7 Å². The predicted molar refractivity (Wildman–Crippen MR) is 136 cm³/mol. The van der Waals surface area contributed by atoms with Gasteiger partial charge in [0.1, 0.15) is 18.2 Å². The van der Waals surface area contributed by atoms with Crippen LogP contribution in [-0.4, -0.2) is 33.4 Å². The Morgan fingerprint density at radius 3 is 2.68 bits per heavy atom. The summed E-state index contributed by atoms with van der Waals surface area (Å²) in [6.07, 6.45) is 3.98. The van der Waals surface area contributed by atoms with Crippen molar-refractivity contribution in [2.75, 3.05) is 6.61 Å². The Balaban J connectivity index is 1.11. The standard InChI is InChI=1S/C30H28FNO5/c1-17-22(6-8-26(32-17)36-12-2-9-30(35)10-11-30)18-3-7-25(31)20(13-18)16-37-21-4-5-23-19(14-21)15-24-27(23)28(24)29(33)34/h3-8,13-14,24,35H,2,9-12,15-16H2,1H3,(H,33,34). The van der Waals surface area contributed by atoms with Gasteiger partial charge in [0.2, 0.25) is 5.88 Å². The van der Waals surface area contributed by atoms with Gasteiger partial charge in [0.05, 0.1) is 12.2 Å². The van der Waals surface area contributed by atoms with Crippen LogP contribution in [0.1, 0.15) is 48.1 Å². The number of allylic oxidation sites excluding steroid dienone is 1. The van der Waals surface area contributed by atoms with Crippen LogP contribution < -0.4 is 9.47 Å². The van der Waals surface area contributed by atoms with Crippen LogP contribution >= 0.6 is 0 Å². The van der Waals surface area contributed by atoms with Crippen molar-refractivity contribution in [3.63, 3.8) is 0 Å². The average molecular weight is 502 g/mol. The maximum absolute atomic E-state index is 14.6. The maximum atomic E-state index is 14.6. The molecule has 1 unspecified atom stereocenters. The Morgan fingerprint density at radius 1 is 1.11 bits per heavy atom. The highest BCUT2D eigenvalue weighted by molar-refractivity contribution is 6.11. The Kier molecular flexibility index (Phi) is 5.75. The molecule has 37 heavy (non-hydrogen) atoms. The van der Waals surface area contributed by atoms with E-state index in [-0.39, 0.29) is 18.3 Å². The molecular weight excluding hydrogens is 473 g/mol. The first-order chi connectivity index (χ1) is 17.8. The summed E-state index contributed by atoms with van der Waals surface area (Å²) >= 11 is 0. The first kappa shape index (κ1) is 23.7. The maximum Gasteiger partial charge on any atom is 0.332 e. The van der Waals surface area contributed by atoms with Crippen LogP contribution in [0.2, 0.25) is 0 Å². The van der Waals surface area contributed by atoms with Crippen molar-refractivity contribution in [3.05, 3.63) is 82.3 Å². The molecule has 0 saturated heterocycles. The van der Waals surface area contributed by atoms with Crippen LogP contribution in [0.4, 0.5) is 4.39 Å². The van der Waals surface area contributed by atoms with Crippen molar-refractivity contribution >= 4 is 11.5 Å². The molecule has 6 rings (SSSR count). The number of hydrogen-bond donors (Lipinski definition) is 2. The Hall–Kier alpha value is -3.71. The summed E-state index contributed by atoms with van der Waals surface area (Å²) in [4.78, 5) is 15.8. The number of carboxylic acid groups (broad SMARTS) is 1. The fourth-order valence-electron chi connectivity index (χ4n) is 5.29. The molecule has 6 nitrogen and oxygen atoms in total. The molecule has 2 aromatic carbocycles. The van der Waals surface area contributed by atoms with E-state index in [4.69, 9.17) is 9.47 Å². The SMILES string of the molecule is Cc1nc(OCCCC2(O)CC2)ccc1-c1ccc(F)c(COc2ccc3c(c2)CC2C(C(=O)O)=C32)c1. The highest BCUT2D eigenvalue weighted by Gasteiger charge is 2.47. The van der Waals surface area contributed by atoms with E-state index in [0.29, 0.717) is 35.8 Å². The van der Waals surface area contributed by atoms with Crippen LogP contribution in [0.15, 0.2) is 54.1 Å². The van der Waals surface area contributed by atoms with Crippen LogP contribution in [0.5, 0.6) is 11.6 Å². The van der Waals surface area contributed by atoms with Gasteiger partial charge in [-0.15, -0.1) is 0 Å². The van der Waals surface area contributed by atoms with E-state index in [2.05, 4.69) is 4.98 Å². The quantitative estimate of drug-likeness (QED) is 0.358. The van der Waals surface area contributed by atoms with E-state index in [1.54, 1.807) is 12.1 Å². The van der Waals surface area contributed by atoms with Gasteiger partial charge in [-0.1, -0.05) is 12.1 Å². The third-order valence-corrected chi connectivity index (χ3v) is 7.60. The number of ether oxygens (including phenoxy) is 2. The molecule has 0 spiro atoms. The number of fused-ring (bicyclic) bond motifs is 3. The molecule has 1 saturated carbocycles. The minimum Gasteiger partial charge on any atom is -0.489 e. The Labute approximate surface area is 214 Å². The van der Waals surface area contributed by atoms with Crippen molar-refractivity contribution in [1.82, 2.24) is 4.98 Å². The van der Waals surface area contributed by atoms with Gasteiger partial charge in [-0.25, -0.2) is 14.2 Å². The first-order valence-electron chi connectivity index (χ1n) is 12.7. The van der Waals surface area contributed by atoms with Crippen LogP contribution in [0.3, 0.4) is 0 Å². The lowest BCUT2D eigenvalue weighted by Crippen LogP contribution is -2.09. The van der Waals surface area contributed by atoms with Crippen molar-refractivity contribution in [2.24, 2.45) is 5.92 Å². The monoisotopic (exact) mass is 501 g/mol. The minimum absolute atomic E-state index is 0.0286. The van der Waals surface area contributed by atoms with Gasteiger partial charge in [0.25, 0.3) is 0 Å². The summed E-state index contributed by atoms with van der Waals surface area (Å²) in [5.41, 5.74) is 6.00. The minimum atomic E-state index is -0.835. The number of rotatable bonds is 10. The zero-order chi connectivity index (χ0) is 25.7. The summed E-state index contributed by atoms with van der Waals surface area (Å²) in [5.74, 6) is 0.0233. The van der Waals surface area contributed by atoms with Crippen LogP contribution in [0, 0.1) is 18.7 Å². The molecule has 2 N–H and O–H groups in total. The molecule has 7 heteroatoms. The molecule has 3 aromatic rings. The van der Waals surface area contributed by atoms with E-state index < -0.39 is 11.6 Å². The second kappa shape index (κ2) is 8.99. The Morgan fingerprint density at radius 2 is 1.92 bits per heavy atom. The lowest BCUT2D eigenvalue weighted by Gasteiger charge is -2.13. The molecule has 1 aromatic heterocycles. The highest BCUT2D eigenvalue weighted by atomic mass is 19.1. The number of hydrogen-bond acceptors (Lipinski definition) is 5. The number of nitrogens with zero attached hydrogens (tertiary/aromatic N) is 1. The normalized spacial score (nSPS) is 18.3. The second-order valence-electron chi connectivity index (χ2n) is 10.3. The van der Waals surface area contributed by atoms with E-state index in [9.17, 15) is 19.4 Å². The molecule has 0 aliphatic heterocycles. The lowest BCUT2D eigenvalue weighted by molar-refractivity contribution is -0.132. The summed E-state index contributed by atoms with van der Waals surface area (Å²) in [6, 6.07) is 14.3. The number of carbonyl (C=O) groups is 1. The van der Waals surface area contributed by atoms with Gasteiger partial charge in [-0.05, 0) is 91.6 Å². The average Bonchev–Trinajstić information content (AvgIpc) is 3.76. The summed E-state index contributed by atoms with van der Waals surface area (Å²) in [6.45, 7) is 2.48. The third-order valence-electron chi connectivity index (χ3n) is 7.60. The molecule has 3 aliphatic carbocycles. The number of carboxylic acids is 1. The topological polar surface area (TPSA) is 88.9 Å². The predicted octanol–water partition coefficient (Wildman–Crippen LogP) is 5.48. The molecule has 0 amide bonds. The first-order valence-corrected chi connectivity index (χ1v) is 12.7. The molecule has 1 heterocycles. The Bertz CT molecular complexity index is 1440. The summed E-state index contributed by atoms with van der Waals surface area (Å²) in [7, 11) is 0. The fraction of sp³-hybridized carbons (Fsp3) is 0.333. The van der Waals surface area contributed by atoms with Gasteiger partial charge in [-0.3, -0.25) is 0 Å². The van der Waals surface area contributed by atoms with Gasteiger partial charge in [0, 0.05) is 34.4 Å². The third kappa shape index (κ3) is 4.71. The van der Waals surface area contributed by atoms with E-state index in [1.807, 2.05) is 37.3 Å². The zero-order valence-corrected chi connectivity index (χ0v) is 20.6. The van der Waals surface area contributed by atoms with Crippen LogP contribution in [-0.2, 0) is 17.8 Å². The fourth-order valence-corrected chi connectivity index (χ4v) is 5.29. The molecular formula is C30H28FNO5. The lowest BCUT2D eigenvalue weighted by atomic mass is 10.0. The van der Waals surface area contributed by atoms with E-state index >= 15 is 0 Å². The molecule has 0 bridgehead atoms. The smallest absolute Gasteiger partial charge is 0.332 e. The van der Waals surface area contributed by atoms with E-state index in [0.717, 1.165) is 59.2 Å². The number of aryl methyl sites for hydroxylation is 1. The summed E-state index contributed by atoms with van der Waals surface area (Å²) in [5, 5.41) is 19.2. The van der Waals surface area contributed by atoms with E-state index in [1.165, 1.54) is 6.07 Å². The van der Waals surface area contributed by atoms with Gasteiger partial charge >= 0.3 is 5.97 Å². The highest BCUT2D eigenvalue weighted by Crippen LogP contribution is 2.55. The second-order valence-corrected chi connectivity index (χ2v) is 10.3. The number of halogens is 1. The van der Waals surface area contributed by atoms with Crippen molar-refractivity contribution in [2.45, 2.75) is 51.2 Å². The van der Waals surface area contributed by atoms with Crippen molar-refractivity contribution < 1.29 is 28.9 Å². The van der Waals surface area contributed by atoms with Gasteiger partial charge in [0.15, 0.2) is 0 Å². The molecule has 3 aliphatic rings. The molecule has 1 fully saturated rings. The summed E-state index contributed by atoms with van der Waals surface area (Å²) < 4.78 is 26.3. The number of aromatic nitrogens is 1. The molecule has 1 atom stereocenters. The number of benzene rings is 2. The van der Waals surface area contributed by atoms with Crippen LogP contribution in [0.25, 0.3) is 16.7 Å². The largest absolute Gasteiger partial charge is 0.489 e. The van der Waals surface area contributed by atoms with Crippen molar-refractivity contribution in [3.8, 4) is 22.8 Å². The number of pyridine rings is 1. The van der Waals surface area contributed by atoms with Gasteiger partial charge in [-0.2, -0.15) is 0 Å². The molecule has 0 radical (unpaired) electrons. The zero-order valence-electron chi connectivity index (χ0n) is 20.6. The number of aliphatic carboxylic acids is 1. The van der Waals surface area contributed by atoms with Crippen molar-refractivity contribution in [1.29, 1.82) is 0 Å².